The lowest BCUT2D eigenvalue weighted by molar-refractivity contribution is 1.29. The minimum Gasteiger partial charge on any atom is -0.310 e. The molecule has 0 aromatic heterocycles. The van der Waals surface area contributed by atoms with Crippen molar-refractivity contribution < 1.29 is 0 Å². The topological polar surface area (TPSA) is 50.9 Å². The van der Waals surface area contributed by atoms with Gasteiger partial charge in [-0.1, -0.05) is 72.8 Å². The van der Waals surface area contributed by atoms with Gasteiger partial charge in [0, 0.05) is 22.6 Å². The smallest absolute Gasteiger partial charge is 0.0873 e. The highest BCUT2D eigenvalue weighted by Gasteiger charge is 2.19. The van der Waals surface area contributed by atoms with E-state index in [1.807, 2.05) is 30.3 Å². The molecule has 0 radical (unpaired) electrons. The van der Waals surface area contributed by atoms with Crippen LogP contribution in [0.4, 0.5) is 17.1 Å². The van der Waals surface area contributed by atoms with Crippen LogP contribution < -0.4 is 4.90 Å². The van der Waals surface area contributed by atoms with Gasteiger partial charge in [-0.25, -0.2) is 0 Å². The van der Waals surface area contributed by atoms with Crippen molar-refractivity contribution in [3.05, 3.63) is 120 Å². The molecule has 0 atom stereocenters. The van der Waals surface area contributed by atoms with Crippen molar-refractivity contribution in [2.45, 2.75) is 0 Å². The lowest BCUT2D eigenvalue weighted by Crippen LogP contribution is -2.16. The Morgan fingerprint density at radius 3 is 2.00 bits per heavy atom. The normalized spacial score (nSPS) is 12.8. The van der Waals surface area contributed by atoms with Gasteiger partial charge in [0.2, 0.25) is 0 Å². The summed E-state index contributed by atoms with van der Waals surface area (Å²) in [5, 5.41) is 21.2. The molecule has 2 N–H and O–H groups in total. The maximum Gasteiger partial charge on any atom is 0.0873 e. The third kappa shape index (κ3) is 3.22. The molecular weight excluding hydrogens is 402 g/mol. The quantitative estimate of drug-likeness (QED) is 0.305. The highest BCUT2D eigenvalue weighted by Crippen LogP contribution is 2.38. The van der Waals surface area contributed by atoms with E-state index in [0.717, 1.165) is 39.0 Å². The highest BCUT2D eigenvalue weighted by molar-refractivity contribution is 6.53. The first-order valence-electron chi connectivity index (χ1n) is 11.0. The number of fused-ring (bicyclic) bond motifs is 4. The molecule has 6 rings (SSSR count). The molecule has 156 valence electrons. The summed E-state index contributed by atoms with van der Waals surface area (Å²) in [6.07, 6.45) is 3.63. The Balaban J connectivity index is 1.60. The average molecular weight is 424 g/mol. The van der Waals surface area contributed by atoms with Gasteiger partial charge in [0.15, 0.2) is 0 Å². The summed E-state index contributed by atoms with van der Waals surface area (Å²) in [4.78, 5) is 2.25. The Morgan fingerprint density at radius 2 is 1.18 bits per heavy atom. The van der Waals surface area contributed by atoms with Crippen molar-refractivity contribution in [1.82, 2.24) is 0 Å². The Kier molecular flexibility index (Phi) is 4.41. The minimum absolute atomic E-state index is 0.245. The van der Waals surface area contributed by atoms with Crippen molar-refractivity contribution in [2.24, 2.45) is 0 Å². The molecule has 3 nitrogen and oxygen atoms in total. The summed E-state index contributed by atoms with van der Waals surface area (Å²) in [5.41, 5.74) is 5.49. The lowest BCUT2D eigenvalue weighted by Gasteiger charge is -2.26. The third-order valence-corrected chi connectivity index (χ3v) is 6.25. The molecule has 0 fully saturated rings. The van der Waals surface area contributed by atoms with Crippen LogP contribution in [0.25, 0.3) is 27.6 Å². The van der Waals surface area contributed by atoms with Crippen LogP contribution in [0.2, 0.25) is 0 Å². The van der Waals surface area contributed by atoms with Gasteiger partial charge < -0.3 is 4.90 Å². The van der Waals surface area contributed by atoms with Gasteiger partial charge in [-0.15, -0.1) is 0 Å². The fraction of sp³-hybridized carbons (Fsp3) is 0. The molecule has 33 heavy (non-hydrogen) atoms. The van der Waals surface area contributed by atoms with Gasteiger partial charge in [-0.3, -0.25) is 10.8 Å². The number of allylic oxidation sites excluding steroid dienone is 1. The standard InChI is InChI=1S/C30H21N3/c31-28-17-14-22-11-10-21-13-16-26(19-27(21)29(22)30(28)32)33(24-8-2-1-3-9-24)25-15-12-20-6-4-5-7-23(20)18-25/h1-19,31-32H. The van der Waals surface area contributed by atoms with Crippen molar-refractivity contribution >= 4 is 56.1 Å². The first-order chi connectivity index (χ1) is 16.2. The minimum atomic E-state index is 0.245. The van der Waals surface area contributed by atoms with Crippen molar-refractivity contribution in [3.63, 3.8) is 0 Å². The first-order valence-corrected chi connectivity index (χ1v) is 11.0. The molecule has 1 aliphatic rings. The second kappa shape index (κ2) is 7.57. The van der Waals surface area contributed by atoms with Crippen molar-refractivity contribution in [2.75, 3.05) is 4.90 Å². The van der Waals surface area contributed by atoms with E-state index in [1.54, 1.807) is 6.08 Å². The number of nitrogens with one attached hydrogen (secondary N) is 2. The fourth-order valence-electron chi connectivity index (χ4n) is 4.61. The lowest BCUT2D eigenvalue weighted by atomic mass is 9.89. The molecule has 1 aliphatic carbocycles. The molecule has 3 heteroatoms. The van der Waals surface area contributed by atoms with Crippen LogP contribution >= 0.6 is 0 Å². The van der Waals surface area contributed by atoms with Gasteiger partial charge in [-0.05, 0) is 69.6 Å². The summed E-state index contributed by atoms with van der Waals surface area (Å²) < 4.78 is 0. The van der Waals surface area contributed by atoms with E-state index in [1.165, 1.54) is 10.8 Å². The van der Waals surface area contributed by atoms with E-state index in [9.17, 15) is 0 Å². The van der Waals surface area contributed by atoms with Crippen molar-refractivity contribution in [3.8, 4) is 0 Å². The second-order valence-electron chi connectivity index (χ2n) is 8.26. The number of rotatable bonds is 3. The summed E-state index contributed by atoms with van der Waals surface area (Å²) >= 11 is 0. The third-order valence-electron chi connectivity index (χ3n) is 6.25. The van der Waals surface area contributed by atoms with Crippen LogP contribution in [0.3, 0.4) is 0 Å². The van der Waals surface area contributed by atoms with Crippen LogP contribution in [0.15, 0.2) is 109 Å². The SMILES string of the molecule is N=C1C=Cc2ccc3ccc(N(c4ccccc4)c4ccc5ccccc5c4)cc3c2C1=N. The number of anilines is 3. The zero-order valence-corrected chi connectivity index (χ0v) is 17.9. The number of benzene rings is 5. The van der Waals surface area contributed by atoms with Crippen LogP contribution in [0.1, 0.15) is 11.1 Å². The molecule has 0 amide bonds. The largest absolute Gasteiger partial charge is 0.310 e. The van der Waals surface area contributed by atoms with E-state index in [2.05, 4.69) is 83.8 Å². The molecule has 0 unspecified atom stereocenters. The highest BCUT2D eigenvalue weighted by atomic mass is 15.1. The van der Waals surface area contributed by atoms with Gasteiger partial charge >= 0.3 is 0 Å². The Bertz CT molecular complexity index is 1600. The summed E-state index contributed by atoms with van der Waals surface area (Å²) in [7, 11) is 0. The van der Waals surface area contributed by atoms with E-state index in [-0.39, 0.29) is 11.4 Å². The summed E-state index contributed by atoms with van der Waals surface area (Å²) in [6.45, 7) is 0. The zero-order chi connectivity index (χ0) is 22.4. The van der Waals surface area contributed by atoms with Gasteiger partial charge in [-0.2, -0.15) is 0 Å². The Hall–Kier alpha value is -4.50. The number of hydrogen-bond donors (Lipinski definition) is 2. The number of nitrogens with zero attached hydrogens (tertiary/aromatic N) is 1. The van der Waals surface area contributed by atoms with Gasteiger partial charge in [0.25, 0.3) is 0 Å². The predicted octanol–water partition coefficient (Wildman–Crippen LogP) is 7.88. The van der Waals surface area contributed by atoms with Crippen LogP contribution in [-0.4, -0.2) is 11.4 Å². The first kappa shape index (κ1) is 19.2. The fourth-order valence-corrected chi connectivity index (χ4v) is 4.61. The number of para-hydroxylation sites is 1. The van der Waals surface area contributed by atoms with E-state index in [4.69, 9.17) is 10.8 Å². The van der Waals surface area contributed by atoms with Crippen LogP contribution in [0, 0.1) is 10.8 Å². The van der Waals surface area contributed by atoms with Crippen molar-refractivity contribution in [1.29, 1.82) is 10.8 Å². The molecule has 0 bridgehead atoms. The monoisotopic (exact) mass is 423 g/mol. The average Bonchev–Trinajstić information content (AvgIpc) is 2.86. The zero-order valence-electron chi connectivity index (χ0n) is 17.9. The molecule has 0 saturated heterocycles. The molecule has 5 aromatic carbocycles. The molecule has 0 heterocycles. The molecule has 5 aromatic rings. The Morgan fingerprint density at radius 1 is 0.515 bits per heavy atom. The predicted molar refractivity (Wildman–Crippen MR) is 140 cm³/mol. The summed E-state index contributed by atoms with van der Waals surface area (Å²) in [5.74, 6) is 0. The number of hydrogen-bond acceptors (Lipinski definition) is 3. The molecular formula is C30H21N3. The van der Waals surface area contributed by atoms with Crippen LogP contribution in [-0.2, 0) is 0 Å². The van der Waals surface area contributed by atoms with E-state index < -0.39 is 0 Å². The molecule has 0 saturated carbocycles. The van der Waals surface area contributed by atoms with E-state index in [0.29, 0.717) is 0 Å². The Labute approximate surface area is 192 Å². The van der Waals surface area contributed by atoms with Gasteiger partial charge in [0.1, 0.15) is 0 Å². The molecule has 0 aliphatic heterocycles. The van der Waals surface area contributed by atoms with Crippen LogP contribution in [0.5, 0.6) is 0 Å². The second-order valence-corrected chi connectivity index (χ2v) is 8.26. The summed E-state index contributed by atoms with van der Waals surface area (Å²) in [6, 6.07) is 35.8. The van der Waals surface area contributed by atoms with E-state index >= 15 is 0 Å². The molecule has 0 spiro atoms. The maximum absolute atomic E-state index is 8.57. The van der Waals surface area contributed by atoms with Gasteiger partial charge in [0.05, 0.1) is 11.4 Å². The maximum atomic E-state index is 8.57.